The van der Waals surface area contributed by atoms with Gasteiger partial charge in [0.2, 0.25) is 5.82 Å². The zero-order chi connectivity index (χ0) is 11.9. The van der Waals surface area contributed by atoms with Gasteiger partial charge >= 0.3 is 0 Å². The van der Waals surface area contributed by atoms with Crippen LogP contribution in [0.1, 0.15) is 24.8 Å². The Kier molecular flexibility index (Phi) is 2.80. The molecule has 2 N–H and O–H groups in total. The molecule has 0 heterocycles. The van der Waals surface area contributed by atoms with Crippen LogP contribution < -0.4 is 10.5 Å². The molecular weight excluding hydrogens is 236 g/mol. The van der Waals surface area contributed by atoms with Crippen LogP contribution in [-0.4, -0.2) is 7.11 Å². The van der Waals surface area contributed by atoms with E-state index in [9.17, 15) is 8.78 Å². The van der Waals surface area contributed by atoms with Gasteiger partial charge in [0.25, 0.3) is 0 Å². The topological polar surface area (TPSA) is 35.2 Å². The Balaban J connectivity index is 2.60. The smallest absolute Gasteiger partial charge is 0.202 e. The first-order valence-electron chi connectivity index (χ1n) is 5.00. The van der Waals surface area contributed by atoms with Crippen molar-refractivity contribution >= 4 is 11.6 Å². The van der Waals surface area contributed by atoms with Crippen molar-refractivity contribution in [3.8, 4) is 5.75 Å². The predicted octanol–water partition coefficient (Wildman–Crippen LogP) is 2.96. The lowest BCUT2D eigenvalue weighted by atomic mass is 9.72. The standard InChI is InChI=1S/C11H12ClF2NO/c1-16-10-6(11(15)3-2-4-11)5-7(12)8(13)9(10)14/h5H,2-4,15H2,1H3. The van der Waals surface area contributed by atoms with Gasteiger partial charge in [-0.3, -0.25) is 0 Å². The van der Waals surface area contributed by atoms with E-state index in [1.807, 2.05) is 0 Å². The number of rotatable bonds is 2. The molecule has 0 atom stereocenters. The molecule has 0 radical (unpaired) electrons. The Bertz CT molecular complexity index is 432. The van der Waals surface area contributed by atoms with E-state index in [2.05, 4.69) is 0 Å². The van der Waals surface area contributed by atoms with Gasteiger partial charge in [0.15, 0.2) is 11.6 Å². The summed E-state index contributed by atoms with van der Waals surface area (Å²) in [5, 5.41) is -0.259. The quantitative estimate of drug-likeness (QED) is 0.816. The fourth-order valence-electron chi connectivity index (χ4n) is 1.97. The van der Waals surface area contributed by atoms with Crippen molar-refractivity contribution < 1.29 is 13.5 Å². The van der Waals surface area contributed by atoms with E-state index in [1.165, 1.54) is 13.2 Å². The van der Waals surface area contributed by atoms with Crippen molar-refractivity contribution in [1.82, 2.24) is 0 Å². The number of nitrogens with two attached hydrogens (primary N) is 1. The Labute approximate surface area is 97.3 Å². The average molecular weight is 248 g/mol. The van der Waals surface area contributed by atoms with Gasteiger partial charge in [-0.25, -0.2) is 4.39 Å². The molecule has 88 valence electrons. The number of halogens is 3. The summed E-state index contributed by atoms with van der Waals surface area (Å²) in [5.41, 5.74) is 5.87. The van der Waals surface area contributed by atoms with Gasteiger partial charge in [-0.2, -0.15) is 4.39 Å². The van der Waals surface area contributed by atoms with Gasteiger partial charge < -0.3 is 10.5 Å². The lowest BCUT2D eigenvalue weighted by Gasteiger charge is -2.39. The van der Waals surface area contributed by atoms with Gasteiger partial charge in [0.1, 0.15) is 0 Å². The fourth-order valence-corrected chi connectivity index (χ4v) is 2.17. The van der Waals surface area contributed by atoms with Crippen LogP contribution in [-0.2, 0) is 5.54 Å². The third-order valence-electron chi connectivity index (χ3n) is 3.10. The second-order valence-electron chi connectivity index (χ2n) is 4.08. The Hall–Kier alpha value is -0.870. The lowest BCUT2D eigenvalue weighted by molar-refractivity contribution is 0.239. The van der Waals surface area contributed by atoms with E-state index < -0.39 is 17.2 Å². The highest BCUT2D eigenvalue weighted by molar-refractivity contribution is 6.30. The van der Waals surface area contributed by atoms with Crippen molar-refractivity contribution in [3.63, 3.8) is 0 Å². The highest BCUT2D eigenvalue weighted by atomic mass is 35.5. The first-order chi connectivity index (χ1) is 7.49. The van der Waals surface area contributed by atoms with E-state index in [0.29, 0.717) is 5.56 Å². The molecule has 0 saturated heterocycles. The molecule has 16 heavy (non-hydrogen) atoms. The third kappa shape index (κ3) is 1.57. The van der Waals surface area contributed by atoms with Crippen molar-refractivity contribution in [2.24, 2.45) is 5.73 Å². The Morgan fingerprint density at radius 1 is 1.38 bits per heavy atom. The molecule has 0 unspecified atom stereocenters. The number of hydrogen-bond acceptors (Lipinski definition) is 2. The first-order valence-corrected chi connectivity index (χ1v) is 5.38. The summed E-state index contributed by atoms with van der Waals surface area (Å²) in [6, 6.07) is 1.36. The van der Waals surface area contributed by atoms with Crippen LogP contribution in [0, 0.1) is 11.6 Å². The number of ether oxygens (including phenoxy) is 1. The van der Waals surface area contributed by atoms with Crippen LogP contribution in [0.15, 0.2) is 6.07 Å². The van der Waals surface area contributed by atoms with Gasteiger partial charge in [-0.05, 0) is 25.3 Å². The molecule has 1 fully saturated rings. The normalized spacial score (nSPS) is 18.1. The summed E-state index contributed by atoms with van der Waals surface area (Å²) in [4.78, 5) is 0. The Morgan fingerprint density at radius 2 is 2.00 bits per heavy atom. The predicted molar refractivity (Wildman–Crippen MR) is 57.6 cm³/mol. The summed E-state index contributed by atoms with van der Waals surface area (Å²) in [7, 11) is 1.29. The van der Waals surface area contributed by atoms with E-state index >= 15 is 0 Å². The van der Waals surface area contributed by atoms with Crippen LogP contribution in [0.2, 0.25) is 5.02 Å². The largest absolute Gasteiger partial charge is 0.493 e. The second-order valence-corrected chi connectivity index (χ2v) is 4.48. The van der Waals surface area contributed by atoms with Crippen LogP contribution in [0.25, 0.3) is 0 Å². The van der Waals surface area contributed by atoms with Gasteiger partial charge in [0, 0.05) is 11.1 Å². The van der Waals surface area contributed by atoms with E-state index in [4.69, 9.17) is 22.1 Å². The molecule has 1 aliphatic carbocycles. The molecule has 1 aromatic rings. The van der Waals surface area contributed by atoms with Gasteiger partial charge in [0.05, 0.1) is 12.1 Å². The molecule has 1 aromatic carbocycles. The highest BCUT2D eigenvalue weighted by Crippen LogP contribution is 2.45. The summed E-state index contributed by atoms with van der Waals surface area (Å²) in [6.07, 6.45) is 2.42. The van der Waals surface area contributed by atoms with Crippen molar-refractivity contribution in [1.29, 1.82) is 0 Å². The molecule has 0 amide bonds. The minimum atomic E-state index is -1.09. The number of benzene rings is 1. The molecule has 5 heteroatoms. The van der Waals surface area contributed by atoms with E-state index in [-0.39, 0.29) is 10.8 Å². The van der Waals surface area contributed by atoms with Gasteiger partial charge in [-0.1, -0.05) is 11.6 Å². The fraction of sp³-hybridized carbons (Fsp3) is 0.455. The first kappa shape index (κ1) is 11.6. The molecular formula is C11H12ClF2NO. The molecule has 1 aliphatic rings. The molecule has 2 rings (SSSR count). The zero-order valence-corrected chi connectivity index (χ0v) is 9.57. The van der Waals surface area contributed by atoms with Crippen LogP contribution in [0.3, 0.4) is 0 Å². The SMILES string of the molecule is COc1c(C2(N)CCC2)cc(Cl)c(F)c1F. The summed E-state index contributed by atoms with van der Waals surface area (Å²) < 4.78 is 31.7. The Morgan fingerprint density at radius 3 is 2.44 bits per heavy atom. The minimum absolute atomic E-state index is 0.135. The average Bonchev–Trinajstić information content (AvgIpc) is 2.22. The maximum Gasteiger partial charge on any atom is 0.202 e. The van der Waals surface area contributed by atoms with Crippen LogP contribution >= 0.6 is 11.6 Å². The van der Waals surface area contributed by atoms with E-state index in [1.54, 1.807) is 0 Å². The highest BCUT2D eigenvalue weighted by Gasteiger charge is 2.38. The minimum Gasteiger partial charge on any atom is -0.493 e. The van der Waals surface area contributed by atoms with Crippen LogP contribution in [0.4, 0.5) is 8.78 Å². The molecule has 0 aromatic heterocycles. The van der Waals surface area contributed by atoms with Gasteiger partial charge in [-0.15, -0.1) is 0 Å². The number of hydrogen-bond donors (Lipinski definition) is 1. The monoisotopic (exact) mass is 247 g/mol. The number of methoxy groups -OCH3 is 1. The van der Waals surface area contributed by atoms with Crippen LogP contribution in [0.5, 0.6) is 5.75 Å². The molecule has 0 spiro atoms. The maximum atomic E-state index is 13.6. The second kappa shape index (κ2) is 3.86. The molecule has 1 saturated carbocycles. The van der Waals surface area contributed by atoms with Crippen molar-refractivity contribution in [2.45, 2.75) is 24.8 Å². The molecule has 2 nitrogen and oxygen atoms in total. The van der Waals surface area contributed by atoms with Crippen molar-refractivity contribution in [3.05, 3.63) is 28.3 Å². The zero-order valence-electron chi connectivity index (χ0n) is 8.82. The molecule has 0 bridgehead atoms. The molecule has 0 aliphatic heterocycles. The maximum absolute atomic E-state index is 13.6. The third-order valence-corrected chi connectivity index (χ3v) is 3.38. The summed E-state index contributed by atoms with van der Waals surface area (Å²) in [5.74, 6) is -2.30. The van der Waals surface area contributed by atoms with Crippen molar-refractivity contribution in [2.75, 3.05) is 7.11 Å². The summed E-state index contributed by atoms with van der Waals surface area (Å²) >= 11 is 5.61. The lowest BCUT2D eigenvalue weighted by Crippen LogP contribution is -2.43. The summed E-state index contributed by atoms with van der Waals surface area (Å²) in [6.45, 7) is 0. The van der Waals surface area contributed by atoms with E-state index in [0.717, 1.165) is 19.3 Å².